The molecule has 5 unspecified atom stereocenters. The molecule has 0 spiro atoms. The van der Waals surface area contributed by atoms with Gasteiger partial charge in [-0.25, -0.2) is 0 Å². The molecule has 1 aliphatic heterocycles. The minimum Gasteiger partial charge on any atom is -0.508 e. The van der Waals surface area contributed by atoms with E-state index < -0.39 is 138 Å². The first-order valence-corrected chi connectivity index (χ1v) is 22.8. The van der Waals surface area contributed by atoms with Crippen LogP contribution in [-0.4, -0.2) is 137 Å². The van der Waals surface area contributed by atoms with Crippen LogP contribution in [0.4, 0.5) is 0 Å². The van der Waals surface area contributed by atoms with Crippen molar-refractivity contribution in [1.29, 1.82) is 0 Å². The summed E-state index contributed by atoms with van der Waals surface area (Å²) in [6.07, 6.45) is -0.733. The average molecular weight is 972 g/mol. The molecule has 2 rings (SSSR count). The Balaban J connectivity index is 2.24. The zero-order valence-electron chi connectivity index (χ0n) is 40.0. The number of phenolic OH excluding ortho intramolecular Hbond substituents is 1. The van der Waals surface area contributed by atoms with Gasteiger partial charge in [-0.2, -0.15) is 0 Å². The number of aromatic hydroxyl groups is 1. The molecule has 0 bridgehead atoms. The Labute approximate surface area is 400 Å². The monoisotopic (exact) mass is 972 g/mol. The molecule has 0 radical (unpaired) electrons. The number of nitrogens with two attached hydrogens (primary N) is 3. The SMILES string of the molecule is CCC(C)C(NC(=O)[C@H](Cc1ccc(O)cc1)NC(=O)CNC(=O)CCC(NC(=O)[C@@H](C)CC(N)=O)C(=O)N1CCC1C(=O)NC(CC(C)C)C(=O)NCC(N)=O)C(=O)N[C@@H](CCC(N)=O)C(C)=O. The molecular formula is C45H69N11O13. The van der Waals surface area contributed by atoms with Gasteiger partial charge in [0.2, 0.25) is 65.0 Å². The molecule has 1 saturated heterocycles. The molecule has 1 heterocycles. The highest BCUT2D eigenvalue weighted by Crippen LogP contribution is 2.22. The van der Waals surface area contributed by atoms with Crippen LogP contribution in [0.3, 0.4) is 0 Å². The van der Waals surface area contributed by atoms with Gasteiger partial charge in [0.15, 0.2) is 5.78 Å². The second-order valence-corrected chi connectivity index (χ2v) is 17.7. The quantitative estimate of drug-likeness (QED) is 0.0365. The highest BCUT2D eigenvalue weighted by Gasteiger charge is 2.42. The minimum absolute atomic E-state index is 0.0632. The zero-order chi connectivity index (χ0) is 52.1. The first-order chi connectivity index (χ1) is 32.3. The van der Waals surface area contributed by atoms with Gasteiger partial charge in [0.25, 0.3) is 0 Å². The second-order valence-electron chi connectivity index (χ2n) is 17.7. The number of carbonyl (C=O) groups is 12. The summed E-state index contributed by atoms with van der Waals surface area (Å²) < 4.78 is 0. The highest BCUT2D eigenvalue weighted by molar-refractivity contribution is 5.98. The molecule has 8 atom stereocenters. The van der Waals surface area contributed by atoms with E-state index in [4.69, 9.17) is 17.2 Å². The molecule has 1 aromatic carbocycles. The number of phenols is 1. The Morgan fingerprint density at radius 3 is 1.83 bits per heavy atom. The highest BCUT2D eigenvalue weighted by atomic mass is 16.3. The molecule has 0 saturated carbocycles. The predicted octanol–water partition coefficient (Wildman–Crippen LogP) is -3.08. The second kappa shape index (κ2) is 28.3. The molecule has 24 heteroatoms. The number of nitrogens with one attached hydrogen (secondary N) is 7. The fourth-order valence-electron chi connectivity index (χ4n) is 7.10. The van der Waals surface area contributed by atoms with Crippen LogP contribution in [0.1, 0.15) is 98.5 Å². The Bertz CT molecular complexity index is 2050. The van der Waals surface area contributed by atoms with Gasteiger partial charge in [-0.3, -0.25) is 57.5 Å². The van der Waals surface area contributed by atoms with E-state index in [2.05, 4.69) is 37.2 Å². The van der Waals surface area contributed by atoms with Gasteiger partial charge < -0.3 is 64.4 Å². The van der Waals surface area contributed by atoms with Crippen molar-refractivity contribution in [1.82, 2.24) is 42.1 Å². The van der Waals surface area contributed by atoms with Crippen molar-refractivity contribution >= 4 is 70.8 Å². The summed E-state index contributed by atoms with van der Waals surface area (Å²) in [4.78, 5) is 155. The number of likely N-dealkylation sites (tertiary alicyclic amines) is 1. The van der Waals surface area contributed by atoms with Crippen molar-refractivity contribution in [3.63, 3.8) is 0 Å². The van der Waals surface area contributed by atoms with Crippen LogP contribution in [0.25, 0.3) is 0 Å². The summed E-state index contributed by atoms with van der Waals surface area (Å²) in [7, 11) is 0. The van der Waals surface area contributed by atoms with Gasteiger partial charge in [0.1, 0.15) is 36.0 Å². The third-order valence-corrected chi connectivity index (χ3v) is 11.4. The maximum absolute atomic E-state index is 13.9. The van der Waals surface area contributed by atoms with E-state index in [9.17, 15) is 62.6 Å². The number of hydrogen-bond acceptors (Lipinski definition) is 13. The summed E-state index contributed by atoms with van der Waals surface area (Å²) in [5.74, 6) is -10.2. The van der Waals surface area contributed by atoms with E-state index in [1.165, 1.54) is 43.0 Å². The van der Waals surface area contributed by atoms with E-state index in [1.807, 2.05) is 13.8 Å². The third kappa shape index (κ3) is 20.3. The van der Waals surface area contributed by atoms with Crippen molar-refractivity contribution < 1.29 is 62.6 Å². The fraction of sp³-hybridized carbons (Fsp3) is 0.600. The van der Waals surface area contributed by atoms with Gasteiger partial charge in [0, 0.05) is 38.1 Å². The average Bonchev–Trinajstić information content (AvgIpc) is 3.25. The first kappa shape index (κ1) is 58.0. The number of benzene rings is 1. The molecule has 11 amide bonds. The largest absolute Gasteiger partial charge is 0.508 e. The smallest absolute Gasteiger partial charge is 0.245 e. The maximum atomic E-state index is 13.9. The van der Waals surface area contributed by atoms with Gasteiger partial charge in [-0.05, 0) is 62.1 Å². The van der Waals surface area contributed by atoms with Crippen LogP contribution in [0.15, 0.2) is 24.3 Å². The topological polar surface area (TPSA) is 391 Å². The lowest BCUT2D eigenvalue weighted by atomic mass is 9.96. The molecule has 69 heavy (non-hydrogen) atoms. The molecule has 0 aliphatic carbocycles. The normalized spacial score (nSPS) is 16.0. The summed E-state index contributed by atoms with van der Waals surface area (Å²) in [5, 5.41) is 27.5. The van der Waals surface area contributed by atoms with Crippen LogP contribution in [0, 0.1) is 17.8 Å². The van der Waals surface area contributed by atoms with E-state index in [0.717, 1.165) is 0 Å². The lowest BCUT2D eigenvalue weighted by molar-refractivity contribution is -0.151. The molecule has 382 valence electrons. The summed E-state index contributed by atoms with van der Waals surface area (Å²) in [5.41, 5.74) is 16.1. The Kier molecular flexibility index (Phi) is 23.7. The van der Waals surface area contributed by atoms with E-state index >= 15 is 0 Å². The molecule has 24 nitrogen and oxygen atoms in total. The van der Waals surface area contributed by atoms with Crippen LogP contribution >= 0.6 is 0 Å². The molecule has 14 N–H and O–H groups in total. The van der Waals surface area contributed by atoms with Crippen molar-refractivity contribution in [2.24, 2.45) is 35.0 Å². The summed E-state index contributed by atoms with van der Waals surface area (Å²) in [6.45, 7) is 8.65. The van der Waals surface area contributed by atoms with Crippen molar-refractivity contribution in [3.05, 3.63) is 29.8 Å². The summed E-state index contributed by atoms with van der Waals surface area (Å²) >= 11 is 0. The number of nitrogens with zero attached hydrogens (tertiary/aromatic N) is 1. The van der Waals surface area contributed by atoms with Crippen molar-refractivity contribution in [3.8, 4) is 5.75 Å². The minimum atomic E-state index is -1.41. The number of ketones is 1. The Hall–Kier alpha value is -7.14. The fourth-order valence-corrected chi connectivity index (χ4v) is 7.10. The molecule has 1 aromatic rings. The standard InChI is InChI=1S/C45H69N11O13/c1-7-24(4)39(44(68)52-29(26(6)57)12-14-34(46)59)55-42(66)32(20-27-8-10-28(58)11-9-27)51-38(63)22-49-37(62)15-13-30(53-40(64)25(5)19-35(47)60)45(69)56-17-16-33(56)43(67)54-31(18-23(2)3)41(65)50-21-36(48)61/h8-11,23-25,29-33,39,58H,7,12-22H2,1-6H3,(H2,46,59)(H2,47,60)(H2,48,61)(H,49,62)(H,50,65)(H,51,63)(H,52,68)(H,53,64)(H,54,67)(H,55,66)/t24?,25-,29-,30?,31?,32-,33?,39?/m0/s1. The number of Topliss-reactive ketones (excluding diaryl/α,β-unsaturated/α-hetero) is 1. The number of primary amides is 3. The Morgan fingerprint density at radius 1 is 0.667 bits per heavy atom. The number of carbonyl (C=O) groups excluding carboxylic acids is 12. The number of hydrogen-bond donors (Lipinski definition) is 11. The molecular weight excluding hydrogens is 903 g/mol. The van der Waals surface area contributed by atoms with Gasteiger partial charge in [0.05, 0.1) is 19.1 Å². The lowest BCUT2D eigenvalue weighted by Crippen LogP contribution is -2.64. The molecule has 1 aliphatic rings. The molecule has 1 fully saturated rings. The zero-order valence-corrected chi connectivity index (χ0v) is 40.0. The lowest BCUT2D eigenvalue weighted by Gasteiger charge is -2.42. The number of amides is 11. The van der Waals surface area contributed by atoms with Crippen LogP contribution < -0.4 is 54.4 Å². The van der Waals surface area contributed by atoms with Crippen molar-refractivity contribution in [2.75, 3.05) is 19.6 Å². The van der Waals surface area contributed by atoms with Crippen LogP contribution in [0.2, 0.25) is 0 Å². The van der Waals surface area contributed by atoms with E-state index in [0.29, 0.717) is 12.0 Å². The Morgan fingerprint density at radius 2 is 1.29 bits per heavy atom. The van der Waals surface area contributed by atoms with Gasteiger partial charge in [-0.15, -0.1) is 0 Å². The number of rotatable bonds is 30. The predicted molar refractivity (Wildman–Crippen MR) is 247 cm³/mol. The van der Waals surface area contributed by atoms with Crippen LogP contribution in [0.5, 0.6) is 5.75 Å². The van der Waals surface area contributed by atoms with E-state index in [1.54, 1.807) is 13.8 Å². The van der Waals surface area contributed by atoms with Gasteiger partial charge >= 0.3 is 0 Å². The third-order valence-electron chi connectivity index (χ3n) is 11.4. The maximum Gasteiger partial charge on any atom is 0.245 e. The van der Waals surface area contributed by atoms with E-state index in [-0.39, 0.29) is 63.2 Å². The van der Waals surface area contributed by atoms with Crippen molar-refractivity contribution in [2.45, 2.75) is 136 Å². The summed E-state index contributed by atoms with van der Waals surface area (Å²) in [6, 6.07) is -1.40. The van der Waals surface area contributed by atoms with Crippen LogP contribution in [-0.2, 0) is 64.0 Å². The molecule has 0 aromatic heterocycles. The first-order valence-electron chi connectivity index (χ1n) is 22.8. The van der Waals surface area contributed by atoms with Gasteiger partial charge in [-0.1, -0.05) is 53.2 Å².